The van der Waals surface area contributed by atoms with Crippen molar-refractivity contribution < 1.29 is 57.8 Å². The molecule has 1 heterocycles. The number of amides is 11. The van der Waals surface area contributed by atoms with Gasteiger partial charge < -0.3 is 60.7 Å². The Hall–Kier alpha value is -6.13. The number of aliphatic hydroxyl groups is 1. The zero-order valence-electron chi connectivity index (χ0n) is 55.4. The zero-order valence-corrected chi connectivity index (χ0v) is 55.4. The number of carbonyl (C=O) groups excluding carboxylic acids is 11. The fraction of sp³-hybridized carbons (Fsp3) is 0.787. The highest BCUT2D eigenvalue weighted by Gasteiger charge is 2.45. The van der Waals surface area contributed by atoms with Crippen molar-refractivity contribution in [1.82, 2.24) is 55.6 Å². The molecule has 1 aliphatic rings. The van der Waals surface area contributed by atoms with Crippen LogP contribution in [0.2, 0.25) is 0 Å². The smallest absolute Gasteiger partial charge is 0.246 e. The minimum Gasteiger partial charge on any atom is -0.390 e. The van der Waals surface area contributed by atoms with Crippen LogP contribution in [0.4, 0.5) is 0 Å². The largest absolute Gasteiger partial charge is 0.390 e. The maximum Gasteiger partial charge on any atom is 0.246 e. The van der Waals surface area contributed by atoms with E-state index in [0.29, 0.717) is 6.42 Å². The van der Waals surface area contributed by atoms with E-state index in [-0.39, 0.29) is 49.4 Å². The third kappa shape index (κ3) is 21.1. The number of nitrogens with one attached hydrogen (secondary N) is 4. The Morgan fingerprint density at radius 2 is 0.810 bits per heavy atom. The minimum atomic E-state index is -1.61. The van der Waals surface area contributed by atoms with Gasteiger partial charge in [0.05, 0.1) is 12.6 Å². The van der Waals surface area contributed by atoms with Crippen LogP contribution >= 0.6 is 0 Å². The van der Waals surface area contributed by atoms with Gasteiger partial charge in [-0.1, -0.05) is 102 Å². The van der Waals surface area contributed by atoms with Gasteiger partial charge in [0.1, 0.15) is 60.4 Å². The first-order chi connectivity index (χ1) is 38.7. The maximum atomic E-state index is 15.1. The molecule has 0 radical (unpaired) electrons. The van der Waals surface area contributed by atoms with Crippen LogP contribution < -0.4 is 21.3 Å². The van der Waals surface area contributed by atoms with Gasteiger partial charge in [-0.3, -0.25) is 52.7 Å². The van der Waals surface area contributed by atoms with E-state index >= 15 is 9.59 Å². The molecule has 1 fully saturated rings. The van der Waals surface area contributed by atoms with Gasteiger partial charge in [0, 0.05) is 49.3 Å². The number of aliphatic hydroxyl groups excluding tert-OH is 1. The van der Waals surface area contributed by atoms with Gasteiger partial charge in [-0.2, -0.15) is 0 Å². The Morgan fingerprint density at radius 1 is 0.429 bits per heavy atom. The molecule has 0 aromatic heterocycles. The second-order valence-electron chi connectivity index (χ2n) is 25.9. The van der Waals surface area contributed by atoms with Gasteiger partial charge in [0.25, 0.3) is 0 Å². The summed E-state index contributed by atoms with van der Waals surface area (Å²) < 4.78 is 0. The Bertz CT molecular complexity index is 2310. The number of allylic oxidation sites excluding steroid dienone is 2. The van der Waals surface area contributed by atoms with Crippen LogP contribution in [0.25, 0.3) is 0 Å². The number of likely N-dealkylation sites (N-methyl/N-ethyl adjacent to an activating group) is 7. The summed E-state index contributed by atoms with van der Waals surface area (Å²) in [5.74, 6) is -9.78. The van der Waals surface area contributed by atoms with Crippen molar-refractivity contribution in [2.45, 2.75) is 216 Å². The molecule has 23 nitrogen and oxygen atoms in total. The average molecular weight is 1190 g/mol. The first-order valence-electron chi connectivity index (χ1n) is 30.0. The Labute approximate surface area is 502 Å². The van der Waals surface area contributed by atoms with Crippen molar-refractivity contribution in [3.8, 4) is 0 Å². The van der Waals surface area contributed by atoms with E-state index in [2.05, 4.69) is 21.3 Å². The van der Waals surface area contributed by atoms with Crippen LogP contribution in [0.3, 0.4) is 0 Å². The van der Waals surface area contributed by atoms with E-state index < -0.39 is 156 Å². The van der Waals surface area contributed by atoms with Gasteiger partial charge in [0.2, 0.25) is 65.0 Å². The predicted octanol–water partition coefficient (Wildman–Crippen LogP) is 2.88. The lowest BCUT2D eigenvalue weighted by atomic mass is 9.91. The maximum absolute atomic E-state index is 15.1. The van der Waals surface area contributed by atoms with Crippen LogP contribution in [0.1, 0.15) is 150 Å². The van der Waals surface area contributed by atoms with Crippen LogP contribution in [-0.2, 0) is 52.7 Å². The van der Waals surface area contributed by atoms with E-state index in [1.165, 1.54) is 94.6 Å². The number of hydrogen-bond acceptors (Lipinski definition) is 12. The van der Waals surface area contributed by atoms with Gasteiger partial charge in [0.15, 0.2) is 0 Å². The highest BCUT2D eigenvalue weighted by atomic mass is 16.3. The molecule has 0 spiro atoms. The van der Waals surface area contributed by atoms with E-state index in [1.807, 2.05) is 55.4 Å². The third-order valence-electron chi connectivity index (χ3n) is 15.8. The highest BCUT2D eigenvalue weighted by Crippen LogP contribution is 2.25. The van der Waals surface area contributed by atoms with Gasteiger partial charge in [-0.05, 0) is 101 Å². The molecule has 0 aromatic rings. The van der Waals surface area contributed by atoms with Crippen molar-refractivity contribution in [3.05, 3.63) is 12.2 Å². The molecule has 5 N–H and O–H groups in total. The molecule has 1 saturated heterocycles. The quantitative estimate of drug-likeness (QED) is 0.157. The van der Waals surface area contributed by atoms with Crippen LogP contribution in [-0.4, -0.2) is 227 Å². The van der Waals surface area contributed by atoms with Crippen molar-refractivity contribution in [1.29, 1.82) is 0 Å². The van der Waals surface area contributed by atoms with E-state index in [9.17, 15) is 48.3 Å². The fourth-order valence-electron chi connectivity index (χ4n) is 10.5. The summed E-state index contributed by atoms with van der Waals surface area (Å²) >= 11 is 0. The molecule has 0 saturated carbocycles. The Kier molecular flexibility index (Phi) is 30.8. The molecule has 0 bridgehead atoms. The number of carbonyl (C=O) groups is 11. The molecule has 1 aliphatic heterocycles. The van der Waals surface area contributed by atoms with Crippen molar-refractivity contribution >= 4 is 65.0 Å². The SMILES string of the molecule is C/C=C/C[C@@H](C)[C@@H](O)[C@H]1C(=O)NC(C)C(=O)N(C)CC(=O)N(C)[C@@H](CC(C)C)C(=O)N[C@@H](C(C)C)C(=O)N(C)[C@H](CC(C)C)C(=O)N[C@@H](C)C(=O)N[C@H](C)C(=O)N(C)[C@@H](CC(C)C)C(=O)N(C)[C@@H](CC(C)C)C(=O)N(C)[C@H](C(C)C)C(=O)N1C. The second-order valence-corrected chi connectivity index (χ2v) is 25.9. The summed E-state index contributed by atoms with van der Waals surface area (Å²) in [6, 6.07) is -12.4. The molecular formula is C61H109N11O12. The molecular weight excluding hydrogens is 1080 g/mol. The average Bonchev–Trinajstić information content (AvgIpc) is 2.58. The number of rotatable bonds is 14. The highest BCUT2D eigenvalue weighted by molar-refractivity contribution is 5.99. The molecule has 23 heteroatoms. The molecule has 1 unspecified atom stereocenters. The summed E-state index contributed by atoms with van der Waals surface area (Å²) in [6.45, 7) is 29.0. The monoisotopic (exact) mass is 1190 g/mol. The molecule has 11 amide bonds. The van der Waals surface area contributed by atoms with Gasteiger partial charge >= 0.3 is 0 Å². The zero-order chi connectivity index (χ0) is 65.3. The number of nitrogens with zero attached hydrogens (tertiary/aromatic N) is 7. The second kappa shape index (κ2) is 34.1. The molecule has 84 heavy (non-hydrogen) atoms. The van der Waals surface area contributed by atoms with E-state index in [1.54, 1.807) is 53.7 Å². The van der Waals surface area contributed by atoms with Crippen LogP contribution in [0, 0.1) is 41.4 Å². The van der Waals surface area contributed by atoms with Crippen molar-refractivity contribution in [3.63, 3.8) is 0 Å². The lowest BCUT2D eigenvalue weighted by Crippen LogP contribution is -2.63. The van der Waals surface area contributed by atoms with Gasteiger partial charge in [-0.25, -0.2) is 0 Å². The van der Waals surface area contributed by atoms with Crippen molar-refractivity contribution in [2.75, 3.05) is 55.9 Å². The number of hydrogen-bond donors (Lipinski definition) is 5. The molecule has 12 atom stereocenters. The van der Waals surface area contributed by atoms with Gasteiger partial charge in [-0.15, -0.1) is 0 Å². The summed E-state index contributed by atoms with van der Waals surface area (Å²) in [5, 5.41) is 22.9. The normalized spacial score (nSPS) is 27.1. The minimum absolute atomic E-state index is 0.129. The van der Waals surface area contributed by atoms with Crippen LogP contribution in [0.15, 0.2) is 12.2 Å². The van der Waals surface area contributed by atoms with Crippen molar-refractivity contribution in [2.24, 2.45) is 41.4 Å². The van der Waals surface area contributed by atoms with E-state index in [4.69, 9.17) is 0 Å². The summed E-state index contributed by atoms with van der Waals surface area (Å²) in [7, 11) is 9.87. The topological polar surface area (TPSA) is 279 Å². The first-order valence-corrected chi connectivity index (χ1v) is 30.0. The molecule has 0 aliphatic carbocycles. The fourth-order valence-corrected chi connectivity index (χ4v) is 10.5. The molecule has 480 valence electrons. The predicted molar refractivity (Wildman–Crippen MR) is 324 cm³/mol. The third-order valence-corrected chi connectivity index (χ3v) is 15.8. The summed E-state index contributed by atoms with van der Waals surface area (Å²) in [6.07, 6.45) is 3.00. The Morgan fingerprint density at radius 3 is 1.26 bits per heavy atom. The van der Waals surface area contributed by atoms with Crippen LogP contribution in [0.5, 0.6) is 0 Å². The lowest BCUT2D eigenvalue weighted by molar-refractivity contribution is -0.157. The lowest BCUT2D eigenvalue weighted by Gasteiger charge is -2.41. The van der Waals surface area contributed by atoms with E-state index in [0.717, 1.165) is 9.80 Å². The standard InChI is InChI=1S/C61H109N11O12/c1-25-26-27-39(14)51(74)50-55(78)64-41(16)56(79)66(18)32-47(73)67(19)43(28-33(2)3)54(77)65-48(37(10)11)60(83)68(20)44(29-34(4)5)53(76)62-40(15)52(75)63-42(17)57(80)69(21)45(30-35(6)7)58(81)70(22)46(31-36(8)9)59(82)71(23)49(38(12)13)61(84)72(50)24/h25-26,33-46,48-51,74H,27-32H2,1-24H3,(H,62,76)(H,63,75)(H,64,78)(H,65,77)/b26-25+/t39-,40+,41?,42-,43+,44-,45+,46+,48+,49-,50+,51-/m1/s1. The summed E-state index contributed by atoms with van der Waals surface area (Å²) in [4.78, 5) is 168. The summed E-state index contributed by atoms with van der Waals surface area (Å²) in [5.41, 5.74) is 0. The Balaban J connectivity index is 4.28. The first kappa shape index (κ1) is 75.9. The molecule has 1 rings (SSSR count). The molecule has 0 aromatic carbocycles.